The molecule has 7 nitrogen and oxygen atoms in total. The van der Waals surface area contributed by atoms with Gasteiger partial charge in [0.1, 0.15) is 11.1 Å². The van der Waals surface area contributed by atoms with E-state index in [4.69, 9.17) is 5.41 Å². The van der Waals surface area contributed by atoms with E-state index in [0.717, 1.165) is 30.8 Å². The van der Waals surface area contributed by atoms with Crippen LogP contribution in [0.25, 0.3) is 0 Å². The first-order valence-electron chi connectivity index (χ1n) is 7.78. The number of likely N-dealkylation sites (tertiary alicyclic amines) is 1. The first-order valence-corrected chi connectivity index (χ1v) is 8.66. The number of thioether (sulfide) groups is 1. The highest BCUT2D eigenvalue weighted by molar-refractivity contribution is 8.04. The smallest absolute Gasteiger partial charge is 0.353 e. The van der Waals surface area contributed by atoms with Crippen LogP contribution < -0.4 is 0 Å². The fourth-order valence-electron chi connectivity index (χ4n) is 3.57. The zero-order valence-corrected chi connectivity index (χ0v) is 14.0. The Labute approximate surface area is 138 Å². The van der Waals surface area contributed by atoms with E-state index in [-0.39, 0.29) is 22.9 Å². The van der Waals surface area contributed by atoms with E-state index in [0.29, 0.717) is 5.84 Å². The minimum Gasteiger partial charge on any atom is -0.477 e. The minimum absolute atomic E-state index is 0.104. The van der Waals surface area contributed by atoms with Crippen LogP contribution >= 0.6 is 11.8 Å². The standard InChI is InChI=1S/C15H21N3O4S/c1-7(19)10-13(20)18-11(15(21)22)12(23-14(10)18)9-3-5-17(6-4-9)8(2)16/h7,9-10,14,16,19H,3-6H2,1-2H3,(H,21,22)/t7?,10-,14+/m0/s1. The lowest BCUT2D eigenvalue weighted by Gasteiger charge is -2.43. The lowest BCUT2D eigenvalue weighted by molar-refractivity contribution is -0.156. The number of nitrogens with zero attached hydrogens (tertiary/aromatic N) is 2. The normalized spacial score (nSPS) is 29.4. The Morgan fingerprint density at radius 1 is 1.39 bits per heavy atom. The molecule has 1 unspecified atom stereocenters. The second-order valence-corrected chi connectivity index (χ2v) is 7.51. The first kappa shape index (κ1) is 16.3. The second-order valence-electron chi connectivity index (χ2n) is 6.35. The molecule has 3 N–H and O–H groups in total. The fourth-order valence-corrected chi connectivity index (χ4v) is 5.36. The summed E-state index contributed by atoms with van der Waals surface area (Å²) in [6.07, 6.45) is 0.792. The minimum atomic E-state index is -1.07. The van der Waals surface area contributed by atoms with Crippen LogP contribution in [0.3, 0.4) is 0 Å². The lowest BCUT2D eigenvalue weighted by Crippen LogP contribution is -2.60. The molecule has 0 radical (unpaired) electrons. The van der Waals surface area contributed by atoms with Crippen LogP contribution in [-0.2, 0) is 9.59 Å². The maximum atomic E-state index is 12.2. The van der Waals surface area contributed by atoms with E-state index in [1.807, 2.05) is 4.90 Å². The molecular formula is C15H21N3O4S. The molecular weight excluding hydrogens is 318 g/mol. The molecule has 23 heavy (non-hydrogen) atoms. The lowest BCUT2D eigenvalue weighted by atomic mass is 9.90. The van der Waals surface area contributed by atoms with E-state index < -0.39 is 18.0 Å². The molecule has 1 amide bonds. The summed E-state index contributed by atoms with van der Waals surface area (Å²) in [6.45, 7) is 4.79. The second kappa shape index (κ2) is 5.83. The molecule has 0 aromatic heterocycles. The van der Waals surface area contributed by atoms with Crippen LogP contribution in [0.2, 0.25) is 0 Å². The van der Waals surface area contributed by atoms with Crippen LogP contribution in [0.1, 0.15) is 26.7 Å². The van der Waals surface area contributed by atoms with E-state index >= 15 is 0 Å². The number of carboxylic acids is 1. The summed E-state index contributed by atoms with van der Waals surface area (Å²) in [5.74, 6) is -1.25. The average molecular weight is 339 g/mol. The Morgan fingerprint density at radius 2 is 2.00 bits per heavy atom. The monoisotopic (exact) mass is 339 g/mol. The number of carbonyl (C=O) groups is 2. The number of aliphatic hydroxyl groups is 1. The van der Waals surface area contributed by atoms with Gasteiger partial charge in [0, 0.05) is 18.0 Å². The maximum Gasteiger partial charge on any atom is 0.353 e. The number of aliphatic hydroxyl groups excluding tert-OH is 1. The Hall–Kier alpha value is -1.54. The van der Waals surface area contributed by atoms with Gasteiger partial charge in [0.05, 0.1) is 17.9 Å². The highest BCUT2D eigenvalue weighted by atomic mass is 32.2. The number of carbonyl (C=O) groups excluding carboxylic acids is 1. The highest BCUT2D eigenvalue weighted by Gasteiger charge is 2.58. The van der Waals surface area contributed by atoms with Gasteiger partial charge in [0.2, 0.25) is 5.91 Å². The van der Waals surface area contributed by atoms with Crippen molar-refractivity contribution in [2.75, 3.05) is 13.1 Å². The molecule has 126 valence electrons. The predicted molar refractivity (Wildman–Crippen MR) is 85.8 cm³/mol. The zero-order valence-electron chi connectivity index (χ0n) is 13.2. The number of amides is 1. The van der Waals surface area contributed by atoms with Crippen LogP contribution in [-0.4, -0.2) is 62.3 Å². The molecule has 0 spiro atoms. The van der Waals surface area contributed by atoms with Gasteiger partial charge in [-0.25, -0.2) is 4.79 Å². The van der Waals surface area contributed by atoms with Crippen molar-refractivity contribution in [2.45, 2.75) is 38.2 Å². The zero-order chi connectivity index (χ0) is 16.9. The first-order chi connectivity index (χ1) is 10.8. The third kappa shape index (κ3) is 2.53. The highest BCUT2D eigenvalue weighted by Crippen LogP contribution is 2.53. The van der Waals surface area contributed by atoms with Crippen LogP contribution in [0.4, 0.5) is 0 Å². The summed E-state index contributed by atoms with van der Waals surface area (Å²) in [4.78, 5) is 27.9. The molecule has 3 atom stereocenters. The molecule has 0 aliphatic carbocycles. The van der Waals surface area contributed by atoms with Crippen molar-refractivity contribution < 1.29 is 19.8 Å². The summed E-state index contributed by atoms with van der Waals surface area (Å²) < 4.78 is 0. The summed E-state index contributed by atoms with van der Waals surface area (Å²) in [5.41, 5.74) is 0.104. The number of piperidine rings is 1. The number of β-lactam (4-membered cyclic amide) rings is 1. The Balaban J connectivity index is 1.81. The Bertz CT molecular complexity index is 596. The van der Waals surface area contributed by atoms with Crippen molar-refractivity contribution in [3.8, 4) is 0 Å². The number of nitrogens with one attached hydrogen (secondary N) is 1. The molecule has 3 aliphatic rings. The summed E-state index contributed by atoms with van der Waals surface area (Å²) in [6, 6.07) is 0. The third-order valence-corrected chi connectivity index (χ3v) is 6.39. The topological polar surface area (TPSA) is 105 Å². The van der Waals surface area contributed by atoms with Gasteiger partial charge >= 0.3 is 5.97 Å². The van der Waals surface area contributed by atoms with Crippen molar-refractivity contribution in [3.63, 3.8) is 0 Å². The average Bonchev–Trinajstić information content (AvgIpc) is 2.82. The SMILES string of the molecule is CC(=N)N1CCC(C2=C(C(=O)O)N3C(=O)[C@H](C(C)O)[C@H]3S2)CC1. The largest absolute Gasteiger partial charge is 0.477 e. The van der Waals surface area contributed by atoms with Gasteiger partial charge in [0.25, 0.3) is 0 Å². The molecule has 8 heteroatoms. The number of rotatable bonds is 3. The molecule has 3 heterocycles. The van der Waals surface area contributed by atoms with Crippen molar-refractivity contribution >= 4 is 29.5 Å². The number of fused-ring (bicyclic) bond motifs is 1. The predicted octanol–water partition coefficient (Wildman–Crippen LogP) is 0.904. The number of hydrogen-bond donors (Lipinski definition) is 3. The van der Waals surface area contributed by atoms with Crippen LogP contribution in [0, 0.1) is 17.2 Å². The summed E-state index contributed by atoms with van der Waals surface area (Å²) >= 11 is 1.42. The maximum absolute atomic E-state index is 12.2. The van der Waals surface area contributed by atoms with E-state index in [1.165, 1.54) is 16.7 Å². The van der Waals surface area contributed by atoms with Crippen LogP contribution in [0.15, 0.2) is 10.6 Å². The van der Waals surface area contributed by atoms with E-state index in [2.05, 4.69) is 0 Å². The third-order valence-electron chi connectivity index (χ3n) is 4.87. The van der Waals surface area contributed by atoms with Crippen molar-refractivity contribution in [2.24, 2.45) is 11.8 Å². The molecule has 0 aromatic carbocycles. The van der Waals surface area contributed by atoms with Crippen molar-refractivity contribution in [3.05, 3.63) is 10.6 Å². The molecule has 2 saturated heterocycles. The number of hydrogen-bond acceptors (Lipinski definition) is 5. The number of allylic oxidation sites excluding steroid dienone is 1. The molecule has 2 fully saturated rings. The Kier molecular flexibility index (Phi) is 4.14. The number of aliphatic carboxylic acids is 1. The molecule has 0 saturated carbocycles. The van der Waals surface area contributed by atoms with Crippen molar-refractivity contribution in [1.29, 1.82) is 5.41 Å². The number of carboxylic acid groups (broad SMARTS) is 1. The van der Waals surface area contributed by atoms with Crippen molar-refractivity contribution in [1.82, 2.24) is 9.80 Å². The van der Waals surface area contributed by atoms with Gasteiger partial charge in [-0.15, -0.1) is 11.8 Å². The van der Waals surface area contributed by atoms with Gasteiger partial charge in [-0.05, 0) is 32.6 Å². The quantitative estimate of drug-likeness (QED) is 0.401. The molecule has 0 bridgehead atoms. The van der Waals surface area contributed by atoms with Gasteiger partial charge in [-0.2, -0.15) is 0 Å². The van der Waals surface area contributed by atoms with Gasteiger partial charge < -0.3 is 15.1 Å². The van der Waals surface area contributed by atoms with Gasteiger partial charge in [-0.1, -0.05) is 0 Å². The van der Waals surface area contributed by atoms with Gasteiger partial charge in [0.15, 0.2) is 0 Å². The molecule has 3 aliphatic heterocycles. The fraction of sp³-hybridized carbons (Fsp3) is 0.667. The van der Waals surface area contributed by atoms with Gasteiger partial charge in [-0.3, -0.25) is 15.1 Å². The van der Waals surface area contributed by atoms with E-state index in [1.54, 1.807) is 13.8 Å². The van der Waals surface area contributed by atoms with Crippen LogP contribution in [0.5, 0.6) is 0 Å². The molecule has 3 rings (SSSR count). The molecule has 0 aromatic rings. The Morgan fingerprint density at radius 3 is 2.48 bits per heavy atom. The number of amidine groups is 1. The van der Waals surface area contributed by atoms with E-state index in [9.17, 15) is 19.8 Å². The summed E-state index contributed by atoms with van der Waals surface area (Å²) in [7, 11) is 0. The summed E-state index contributed by atoms with van der Waals surface area (Å²) in [5, 5.41) is 26.7.